The second-order valence-corrected chi connectivity index (χ2v) is 7.72. The zero-order valence-electron chi connectivity index (χ0n) is 13.0. The molecule has 3 heterocycles. The minimum atomic E-state index is -3.43. The van der Waals surface area contributed by atoms with Crippen molar-refractivity contribution in [3.8, 4) is 0 Å². The fourth-order valence-corrected chi connectivity index (χ4v) is 5.06. The average molecular weight is 350 g/mol. The Labute approximate surface area is 137 Å². The van der Waals surface area contributed by atoms with Crippen molar-refractivity contribution in [2.45, 2.75) is 31.2 Å². The van der Waals surface area contributed by atoms with Gasteiger partial charge in [0.1, 0.15) is 4.90 Å². The van der Waals surface area contributed by atoms with Crippen molar-refractivity contribution in [2.24, 2.45) is 0 Å². The molecule has 0 spiro atoms. The van der Waals surface area contributed by atoms with Crippen molar-refractivity contribution in [2.75, 3.05) is 39.3 Å². The molecule has 126 valence electrons. The fourth-order valence-electron chi connectivity index (χ4n) is 3.31. The van der Waals surface area contributed by atoms with E-state index in [4.69, 9.17) is 0 Å². The van der Waals surface area contributed by atoms with Gasteiger partial charge in [0.15, 0.2) is 0 Å². The van der Waals surface area contributed by atoms with Crippen LogP contribution in [-0.4, -0.2) is 73.1 Å². The number of aromatic nitrogens is 2. The van der Waals surface area contributed by atoms with Gasteiger partial charge in [0.05, 0.1) is 11.4 Å². The number of aromatic amines is 1. The van der Waals surface area contributed by atoms with Crippen LogP contribution in [0, 0.1) is 13.8 Å². The fraction of sp³-hybridized carbons (Fsp3) is 0.769. The van der Waals surface area contributed by atoms with Crippen LogP contribution in [0.25, 0.3) is 0 Å². The van der Waals surface area contributed by atoms with E-state index in [1.165, 1.54) is 0 Å². The lowest BCUT2D eigenvalue weighted by atomic mass is 10.2. The van der Waals surface area contributed by atoms with Gasteiger partial charge in [0.2, 0.25) is 10.0 Å². The molecule has 0 saturated carbocycles. The van der Waals surface area contributed by atoms with Gasteiger partial charge in [-0.15, -0.1) is 12.4 Å². The minimum absolute atomic E-state index is 0. The standard InChI is InChI=1S/C13H23N5O2S.ClH/c1-10-13(11(2)16-15-10)21(19,20)18-7-5-17(6-8-18)12-3-4-14-9-12;/h12,14H,3-9H2,1-2H3,(H,15,16);1H. The van der Waals surface area contributed by atoms with Crippen LogP contribution >= 0.6 is 12.4 Å². The SMILES string of the molecule is Cc1n[nH]c(C)c1S(=O)(=O)N1CCN(C2CCNC2)CC1.Cl. The zero-order chi connectivity index (χ0) is 15.0. The van der Waals surface area contributed by atoms with E-state index in [0.717, 1.165) is 32.6 Å². The van der Waals surface area contributed by atoms with Crippen LogP contribution in [0.15, 0.2) is 4.90 Å². The molecule has 9 heteroatoms. The predicted octanol–water partition coefficient (Wildman–Crippen LogP) is 0.117. The first-order valence-corrected chi connectivity index (χ1v) is 8.90. The molecule has 7 nitrogen and oxygen atoms in total. The summed E-state index contributed by atoms with van der Waals surface area (Å²) in [5.41, 5.74) is 1.17. The molecule has 2 aliphatic rings. The minimum Gasteiger partial charge on any atom is -0.315 e. The number of sulfonamides is 1. The molecule has 2 fully saturated rings. The Kier molecular flexibility index (Phi) is 5.50. The van der Waals surface area contributed by atoms with E-state index in [0.29, 0.717) is 35.4 Å². The van der Waals surface area contributed by atoms with E-state index >= 15 is 0 Å². The van der Waals surface area contributed by atoms with E-state index in [9.17, 15) is 8.42 Å². The smallest absolute Gasteiger partial charge is 0.246 e. The van der Waals surface area contributed by atoms with E-state index < -0.39 is 10.0 Å². The van der Waals surface area contributed by atoms with Gasteiger partial charge in [-0.3, -0.25) is 10.00 Å². The van der Waals surface area contributed by atoms with Crippen molar-refractivity contribution in [1.29, 1.82) is 0 Å². The lowest BCUT2D eigenvalue weighted by Gasteiger charge is -2.37. The molecule has 2 saturated heterocycles. The van der Waals surface area contributed by atoms with Gasteiger partial charge in [0, 0.05) is 38.8 Å². The van der Waals surface area contributed by atoms with Crippen LogP contribution in [0.1, 0.15) is 17.8 Å². The van der Waals surface area contributed by atoms with Crippen molar-refractivity contribution >= 4 is 22.4 Å². The number of hydrogen-bond donors (Lipinski definition) is 2. The Morgan fingerprint density at radius 2 is 1.86 bits per heavy atom. The molecule has 1 atom stereocenters. The Morgan fingerprint density at radius 1 is 1.18 bits per heavy atom. The molecule has 0 aromatic carbocycles. The van der Waals surface area contributed by atoms with Gasteiger partial charge in [-0.2, -0.15) is 9.40 Å². The summed E-state index contributed by atoms with van der Waals surface area (Å²) in [5.74, 6) is 0. The molecular weight excluding hydrogens is 326 g/mol. The summed E-state index contributed by atoms with van der Waals surface area (Å²) in [6.45, 7) is 8.31. The number of halogens is 1. The molecule has 1 unspecified atom stereocenters. The first-order valence-electron chi connectivity index (χ1n) is 7.46. The molecule has 22 heavy (non-hydrogen) atoms. The highest BCUT2D eigenvalue weighted by molar-refractivity contribution is 7.89. The summed E-state index contributed by atoms with van der Waals surface area (Å²) >= 11 is 0. The molecule has 0 radical (unpaired) electrons. The third-order valence-corrected chi connectivity index (χ3v) is 6.64. The summed E-state index contributed by atoms with van der Waals surface area (Å²) < 4.78 is 27.1. The summed E-state index contributed by atoms with van der Waals surface area (Å²) in [7, 11) is -3.43. The molecule has 3 rings (SSSR count). The van der Waals surface area contributed by atoms with Crippen LogP contribution in [0.5, 0.6) is 0 Å². The molecule has 0 amide bonds. The normalized spacial score (nSPS) is 24.4. The molecular formula is C13H24ClN5O2S. The van der Waals surface area contributed by atoms with Crippen LogP contribution in [0.2, 0.25) is 0 Å². The maximum Gasteiger partial charge on any atom is 0.246 e. The molecule has 0 aliphatic carbocycles. The van der Waals surface area contributed by atoms with E-state index in [1.807, 2.05) is 0 Å². The van der Waals surface area contributed by atoms with E-state index in [-0.39, 0.29) is 12.4 Å². The summed E-state index contributed by atoms with van der Waals surface area (Å²) in [6.07, 6.45) is 1.16. The second-order valence-electron chi connectivity index (χ2n) is 5.85. The zero-order valence-corrected chi connectivity index (χ0v) is 14.6. The third kappa shape index (κ3) is 3.16. The lowest BCUT2D eigenvalue weighted by Crippen LogP contribution is -2.52. The van der Waals surface area contributed by atoms with Gasteiger partial charge >= 0.3 is 0 Å². The maximum absolute atomic E-state index is 12.8. The third-order valence-electron chi connectivity index (χ3n) is 4.48. The largest absolute Gasteiger partial charge is 0.315 e. The number of piperazine rings is 1. The number of nitrogens with zero attached hydrogens (tertiary/aromatic N) is 3. The van der Waals surface area contributed by atoms with Gasteiger partial charge < -0.3 is 5.32 Å². The average Bonchev–Trinajstić information content (AvgIpc) is 3.09. The Morgan fingerprint density at radius 3 is 2.36 bits per heavy atom. The molecule has 0 bridgehead atoms. The highest BCUT2D eigenvalue weighted by Crippen LogP contribution is 2.23. The van der Waals surface area contributed by atoms with Gasteiger partial charge in [0.25, 0.3) is 0 Å². The lowest BCUT2D eigenvalue weighted by molar-refractivity contribution is 0.145. The van der Waals surface area contributed by atoms with Crippen LogP contribution in [0.3, 0.4) is 0 Å². The van der Waals surface area contributed by atoms with E-state index in [2.05, 4.69) is 20.4 Å². The number of H-pyrrole nitrogens is 1. The van der Waals surface area contributed by atoms with Gasteiger partial charge in [-0.1, -0.05) is 0 Å². The monoisotopic (exact) mass is 349 g/mol. The van der Waals surface area contributed by atoms with Gasteiger partial charge in [-0.05, 0) is 26.8 Å². The molecule has 1 aromatic rings. The summed E-state index contributed by atoms with van der Waals surface area (Å²) in [4.78, 5) is 2.75. The van der Waals surface area contributed by atoms with Crippen molar-refractivity contribution in [3.63, 3.8) is 0 Å². The topological polar surface area (TPSA) is 81.3 Å². The first kappa shape index (κ1) is 17.7. The van der Waals surface area contributed by atoms with Crippen LogP contribution < -0.4 is 5.32 Å². The number of aryl methyl sites for hydroxylation is 2. The molecule has 2 aliphatic heterocycles. The van der Waals surface area contributed by atoms with Crippen LogP contribution in [-0.2, 0) is 10.0 Å². The Balaban J connectivity index is 0.00000176. The molecule has 1 aromatic heterocycles. The molecule has 2 N–H and O–H groups in total. The Bertz CT molecular complexity index is 584. The second kappa shape index (κ2) is 6.84. The van der Waals surface area contributed by atoms with E-state index in [1.54, 1.807) is 18.2 Å². The van der Waals surface area contributed by atoms with Crippen molar-refractivity contribution in [1.82, 2.24) is 24.7 Å². The summed E-state index contributed by atoms with van der Waals surface area (Å²) in [6, 6.07) is 0.562. The van der Waals surface area contributed by atoms with Crippen molar-refractivity contribution in [3.05, 3.63) is 11.4 Å². The Hall–Kier alpha value is -0.670. The maximum atomic E-state index is 12.8. The number of nitrogens with one attached hydrogen (secondary N) is 2. The van der Waals surface area contributed by atoms with Gasteiger partial charge in [-0.25, -0.2) is 8.42 Å². The van der Waals surface area contributed by atoms with Crippen LogP contribution in [0.4, 0.5) is 0 Å². The highest BCUT2D eigenvalue weighted by Gasteiger charge is 2.34. The summed E-state index contributed by atoms with van der Waals surface area (Å²) in [5, 5.41) is 10.1. The predicted molar refractivity (Wildman–Crippen MR) is 86.9 cm³/mol. The number of rotatable bonds is 3. The quantitative estimate of drug-likeness (QED) is 0.810. The highest BCUT2D eigenvalue weighted by atomic mass is 35.5. The van der Waals surface area contributed by atoms with Crippen molar-refractivity contribution < 1.29 is 8.42 Å². The number of hydrogen-bond acceptors (Lipinski definition) is 5. The first-order chi connectivity index (χ1) is 10.00.